The normalized spacial score (nSPS) is 32.7. The Morgan fingerprint density at radius 1 is 1.14 bits per heavy atom. The molecule has 0 aromatic carbocycles. The zero-order valence-electron chi connectivity index (χ0n) is 13.7. The Labute approximate surface area is 134 Å². The molecule has 21 heavy (non-hydrogen) atoms. The van der Waals surface area contributed by atoms with Crippen LogP contribution >= 0.6 is 11.8 Å². The van der Waals surface area contributed by atoms with Crippen molar-refractivity contribution in [1.29, 1.82) is 0 Å². The Balaban J connectivity index is 1.44. The summed E-state index contributed by atoms with van der Waals surface area (Å²) in [6, 6.07) is 0.699. The van der Waals surface area contributed by atoms with Crippen LogP contribution in [-0.2, 0) is 0 Å². The van der Waals surface area contributed by atoms with Gasteiger partial charge in [-0.15, -0.1) is 0 Å². The van der Waals surface area contributed by atoms with Gasteiger partial charge < -0.3 is 5.32 Å². The topological polar surface area (TPSA) is 24.4 Å². The van der Waals surface area contributed by atoms with Crippen molar-refractivity contribution >= 4 is 16.9 Å². The lowest BCUT2D eigenvalue weighted by atomic mass is 9.75. The third kappa shape index (κ3) is 4.18. The molecule has 1 heterocycles. The highest BCUT2D eigenvalue weighted by Gasteiger charge is 2.35. The molecule has 0 saturated heterocycles. The molecular formula is C18H32N2S. The van der Waals surface area contributed by atoms with Gasteiger partial charge in [-0.2, -0.15) is 0 Å². The van der Waals surface area contributed by atoms with Crippen molar-refractivity contribution in [3.8, 4) is 0 Å². The summed E-state index contributed by atoms with van der Waals surface area (Å²) in [5.41, 5.74) is 0.562. The lowest BCUT2D eigenvalue weighted by Gasteiger charge is -2.39. The number of rotatable bonds is 3. The molecule has 0 atom stereocenters. The van der Waals surface area contributed by atoms with E-state index < -0.39 is 0 Å². The van der Waals surface area contributed by atoms with Crippen LogP contribution in [0.1, 0.15) is 77.6 Å². The van der Waals surface area contributed by atoms with E-state index >= 15 is 0 Å². The first-order chi connectivity index (χ1) is 10.3. The van der Waals surface area contributed by atoms with Gasteiger partial charge in [0.15, 0.2) is 5.17 Å². The first-order valence-electron chi connectivity index (χ1n) is 9.23. The number of hydrogen-bond donors (Lipinski definition) is 1. The first kappa shape index (κ1) is 15.7. The second kappa shape index (κ2) is 7.39. The maximum Gasteiger partial charge on any atom is 0.156 e. The first-order valence-corrected chi connectivity index (χ1v) is 10.2. The van der Waals surface area contributed by atoms with Gasteiger partial charge in [0, 0.05) is 18.3 Å². The molecule has 0 radical (unpaired) electrons. The molecule has 0 unspecified atom stereocenters. The van der Waals surface area contributed by atoms with Gasteiger partial charge in [-0.3, -0.25) is 4.99 Å². The van der Waals surface area contributed by atoms with Crippen LogP contribution in [0.2, 0.25) is 0 Å². The SMILES string of the molecule is CCCC1CCC(NC2=NCC3(CCCCC3)CS2)CC1. The van der Waals surface area contributed by atoms with Gasteiger partial charge in [0.1, 0.15) is 0 Å². The average molecular weight is 309 g/mol. The Morgan fingerprint density at radius 2 is 1.90 bits per heavy atom. The van der Waals surface area contributed by atoms with Gasteiger partial charge in [0.05, 0.1) is 0 Å². The number of thioether (sulfide) groups is 1. The Hall–Kier alpha value is -0.180. The fourth-order valence-electron chi connectivity index (χ4n) is 4.42. The minimum absolute atomic E-state index is 0.562. The van der Waals surface area contributed by atoms with Crippen LogP contribution in [0.15, 0.2) is 4.99 Å². The summed E-state index contributed by atoms with van der Waals surface area (Å²) in [5.74, 6) is 2.31. The monoisotopic (exact) mass is 308 g/mol. The second-order valence-corrected chi connectivity index (χ2v) is 8.59. The van der Waals surface area contributed by atoms with Crippen molar-refractivity contribution in [3.63, 3.8) is 0 Å². The Morgan fingerprint density at radius 3 is 2.52 bits per heavy atom. The molecule has 2 nitrogen and oxygen atoms in total. The molecule has 2 aliphatic carbocycles. The lowest BCUT2D eigenvalue weighted by molar-refractivity contribution is 0.232. The lowest BCUT2D eigenvalue weighted by Crippen LogP contribution is -2.41. The molecule has 2 fully saturated rings. The van der Waals surface area contributed by atoms with E-state index in [0.29, 0.717) is 11.5 Å². The number of aliphatic imine (C=N–C) groups is 1. The van der Waals surface area contributed by atoms with E-state index in [1.807, 2.05) is 11.8 Å². The molecule has 120 valence electrons. The summed E-state index contributed by atoms with van der Waals surface area (Å²) >= 11 is 2.01. The highest BCUT2D eigenvalue weighted by Crippen LogP contribution is 2.41. The predicted octanol–water partition coefficient (Wildman–Crippen LogP) is 4.99. The Kier molecular flexibility index (Phi) is 5.53. The molecule has 0 aromatic heterocycles. The summed E-state index contributed by atoms with van der Waals surface area (Å²) < 4.78 is 0. The highest BCUT2D eigenvalue weighted by atomic mass is 32.2. The molecular weight excluding hydrogens is 276 g/mol. The maximum atomic E-state index is 4.92. The van der Waals surface area contributed by atoms with Crippen molar-refractivity contribution in [3.05, 3.63) is 0 Å². The largest absolute Gasteiger partial charge is 0.362 e. The van der Waals surface area contributed by atoms with Crippen molar-refractivity contribution < 1.29 is 0 Å². The fraction of sp³-hybridized carbons (Fsp3) is 0.944. The summed E-state index contributed by atoms with van der Waals surface area (Å²) in [5, 5.41) is 5.01. The third-order valence-electron chi connectivity index (χ3n) is 5.86. The highest BCUT2D eigenvalue weighted by molar-refractivity contribution is 8.13. The van der Waals surface area contributed by atoms with E-state index in [4.69, 9.17) is 4.99 Å². The van der Waals surface area contributed by atoms with Crippen LogP contribution in [0.3, 0.4) is 0 Å². The van der Waals surface area contributed by atoms with Crippen LogP contribution in [0.4, 0.5) is 0 Å². The van der Waals surface area contributed by atoms with E-state index in [0.717, 1.165) is 12.5 Å². The number of nitrogens with one attached hydrogen (secondary N) is 1. The zero-order valence-corrected chi connectivity index (χ0v) is 14.5. The molecule has 1 aliphatic heterocycles. The van der Waals surface area contributed by atoms with Crippen LogP contribution in [0, 0.1) is 11.3 Å². The molecule has 3 heteroatoms. The van der Waals surface area contributed by atoms with Crippen molar-refractivity contribution in [1.82, 2.24) is 5.32 Å². The Bertz CT molecular complexity index is 352. The molecule has 1 spiro atoms. The zero-order chi connectivity index (χ0) is 14.5. The number of hydrogen-bond acceptors (Lipinski definition) is 3. The summed E-state index contributed by atoms with van der Waals surface area (Å²) in [7, 11) is 0. The van der Waals surface area contributed by atoms with Gasteiger partial charge in [0.2, 0.25) is 0 Å². The van der Waals surface area contributed by atoms with Crippen molar-refractivity contribution in [2.75, 3.05) is 12.3 Å². The van der Waals surface area contributed by atoms with Gasteiger partial charge in [-0.25, -0.2) is 0 Å². The quantitative estimate of drug-likeness (QED) is 0.794. The molecule has 0 aromatic rings. The van der Waals surface area contributed by atoms with Gasteiger partial charge in [-0.1, -0.05) is 50.8 Å². The molecule has 3 rings (SSSR count). The van der Waals surface area contributed by atoms with Crippen molar-refractivity contribution in [2.45, 2.75) is 83.6 Å². The molecule has 2 saturated carbocycles. The fourth-order valence-corrected chi connectivity index (χ4v) is 5.65. The van der Waals surface area contributed by atoms with E-state index in [-0.39, 0.29) is 0 Å². The molecule has 0 bridgehead atoms. The van der Waals surface area contributed by atoms with E-state index in [2.05, 4.69) is 12.2 Å². The van der Waals surface area contributed by atoms with Gasteiger partial charge in [-0.05, 0) is 49.9 Å². The molecule has 1 N–H and O–H groups in total. The van der Waals surface area contributed by atoms with Crippen LogP contribution in [0.25, 0.3) is 0 Å². The predicted molar refractivity (Wildman–Crippen MR) is 94.1 cm³/mol. The van der Waals surface area contributed by atoms with Crippen LogP contribution in [-0.4, -0.2) is 23.5 Å². The minimum atomic E-state index is 0.562. The second-order valence-electron chi connectivity index (χ2n) is 7.62. The maximum absolute atomic E-state index is 4.92. The standard InChI is InChI=1S/C18H32N2S/c1-2-6-15-7-9-16(10-8-15)20-17-19-13-18(14-21-17)11-4-3-5-12-18/h15-16H,2-14H2,1H3,(H,19,20). The van der Waals surface area contributed by atoms with E-state index in [1.165, 1.54) is 81.5 Å². The van der Waals surface area contributed by atoms with Gasteiger partial charge in [0.25, 0.3) is 0 Å². The number of amidine groups is 1. The summed E-state index contributed by atoms with van der Waals surface area (Å²) in [6.45, 7) is 3.41. The molecule has 0 amide bonds. The smallest absolute Gasteiger partial charge is 0.156 e. The van der Waals surface area contributed by atoms with Gasteiger partial charge >= 0.3 is 0 Å². The summed E-state index contributed by atoms with van der Waals surface area (Å²) in [4.78, 5) is 4.92. The van der Waals surface area contributed by atoms with Crippen molar-refractivity contribution in [2.24, 2.45) is 16.3 Å². The third-order valence-corrected chi connectivity index (χ3v) is 7.14. The van der Waals surface area contributed by atoms with Crippen LogP contribution < -0.4 is 5.32 Å². The summed E-state index contributed by atoms with van der Waals surface area (Å²) in [6.07, 6.45) is 15.5. The number of nitrogens with zero attached hydrogens (tertiary/aromatic N) is 1. The van der Waals surface area contributed by atoms with E-state index in [9.17, 15) is 0 Å². The van der Waals surface area contributed by atoms with E-state index in [1.54, 1.807) is 0 Å². The molecule has 3 aliphatic rings. The average Bonchev–Trinajstić information content (AvgIpc) is 2.53. The van der Waals surface area contributed by atoms with Crippen LogP contribution in [0.5, 0.6) is 0 Å². The minimum Gasteiger partial charge on any atom is -0.362 e.